The molecule has 0 aromatic rings. The molecule has 2 fully saturated rings. The van der Waals surface area contributed by atoms with Gasteiger partial charge in [0.05, 0.1) is 0 Å². The molecule has 16 heavy (non-hydrogen) atoms. The zero-order valence-corrected chi connectivity index (χ0v) is 11.3. The average molecular weight is 224 g/mol. The fraction of sp³-hybridized carbons (Fsp3) is 1.00. The van der Waals surface area contributed by atoms with Crippen molar-refractivity contribution in [1.29, 1.82) is 0 Å². The molecule has 0 aromatic heterocycles. The van der Waals surface area contributed by atoms with Gasteiger partial charge < -0.3 is 5.32 Å². The Hall–Kier alpha value is -0.0800. The summed E-state index contributed by atoms with van der Waals surface area (Å²) in [4.78, 5) is 2.76. The second kappa shape index (κ2) is 5.05. The third kappa shape index (κ3) is 3.21. The van der Waals surface area contributed by atoms with Crippen LogP contribution in [0.1, 0.15) is 46.5 Å². The van der Waals surface area contributed by atoms with Crippen molar-refractivity contribution in [2.45, 2.75) is 52.5 Å². The SMILES string of the molecule is CC1CNCCN(C2CCCC(C)(C)C2)C1. The number of rotatable bonds is 1. The Kier molecular flexibility index (Phi) is 3.91. The maximum Gasteiger partial charge on any atom is 0.0110 e. The Morgan fingerprint density at radius 1 is 1.31 bits per heavy atom. The maximum absolute atomic E-state index is 3.55. The summed E-state index contributed by atoms with van der Waals surface area (Å²) < 4.78 is 0. The van der Waals surface area contributed by atoms with Crippen LogP contribution in [0.4, 0.5) is 0 Å². The molecule has 0 aromatic carbocycles. The fourth-order valence-electron chi connectivity index (χ4n) is 3.43. The Bertz CT molecular complexity index is 225. The maximum atomic E-state index is 3.55. The Morgan fingerprint density at radius 3 is 2.88 bits per heavy atom. The van der Waals surface area contributed by atoms with E-state index >= 15 is 0 Å². The number of hydrogen-bond acceptors (Lipinski definition) is 2. The third-order valence-electron chi connectivity index (χ3n) is 4.31. The van der Waals surface area contributed by atoms with Crippen molar-refractivity contribution in [3.05, 3.63) is 0 Å². The number of nitrogens with zero attached hydrogens (tertiary/aromatic N) is 1. The molecule has 2 aliphatic rings. The van der Waals surface area contributed by atoms with Gasteiger partial charge in [0.2, 0.25) is 0 Å². The van der Waals surface area contributed by atoms with E-state index in [1.54, 1.807) is 0 Å². The largest absolute Gasteiger partial charge is 0.315 e. The Labute approximate surface area is 101 Å². The van der Waals surface area contributed by atoms with Gasteiger partial charge in [-0.3, -0.25) is 4.90 Å². The van der Waals surface area contributed by atoms with Gasteiger partial charge in [-0.05, 0) is 37.1 Å². The molecule has 1 saturated heterocycles. The summed E-state index contributed by atoms with van der Waals surface area (Å²) in [6.07, 6.45) is 5.68. The monoisotopic (exact) mass is 224 g/mol. The van der Waals surface area contributed by atoms with Crippen LogP contribution in [0, 0.1) is 11.3 Å². The van der Waals surface area contributed by atoms with Gasteiger partial charge in [-0.15, -0.1) is 0 Å². The number of hydrogen-bond donors (Lipinski definition) is 1. The van der Waals surface area contributed by atoms with Crippen LogP contribution in [0.15, 0.2) is 0 Å². The molecule has 2 nitrogen and oxygen atoms in total. The minimum atomic E-state index is 0.575. The highest BCUT2D eigenvalue weighted by molar-refractivity contribution is 4.87. The van der Waals surface area contributed by atoms with Crippen molar-refractivity contribution >= 4 is 0 Å². The minimum absolute atomic E-state index is 0.575. The lowest BCUT2D eigenvalue weighted by Crippen LogP contribution is -2.43. The molecule has 1 heterocycles. The van der Waals surface area contributed by atoms with Crippen LogP contribution >= 0.6 is 0 Å². The molecule has 1 N–H and O–H groups in total. The van der Waals surface area contributed by atoms with Crippen LogP contribution in [0.25, 0.3) is 0 Å². The van der Waals surface area contributed by atoms with Crippen LogP contribution in [0.3, 0.4) is 0 Å². The lowest BCUT2D eigenvalue weighted by Gasteiger charge is -2.41. The van der Waals surface area contributed by atoms with Gasteiger partial charge in [-0.2, -0.15) is 0 Å². The summed E-state index contributed by atoms with van der Waals surface area (Å²) in [5.41, 5.74) is 0.575. The second-order valence-electron chi connectivity index (χ2n) is 6.72. The summed E-state index contributed by atoms with van der Waals surface area (Å²) in [7, 11) is 0. The van der Waals surface area contributed by atoms with Crippen LogP contribution in [0.2, 0.25) is 0 Å². The smallest absolute Gasteiger partial charge is 0.0110 e. The molecular weight excluding hydrogens is 196 g/mol. The molecule has 2 unspecified atom stereocenters. The highest BCUT2D eigenvalue weighted by Crippen LogP contribution is 2.37. The van der Waals surface area contributed by atoms with Gasteiger partial charge in [0.25, 0.3) is 0 Å². The van der Waals surface area contributed by atoms with Crippen molar-refractivity contribution in [3.8, 4) is 0 Å². The van der Waals surface area contributed by atoms with Gasteiger partial charge in [-0.1, -0.05) is 27.2 Å². The van der Waals surface area contributed by atoms with Crippen LogP contribution in [-0.2, 0) is 0 Å². The van der Waals surface area contributed by atoms with Crippen molar-refractivity contribution in [2.75, 3.05) is 26.2 Å². The van der Waals surface area contributed by atoms with E-state index in [-0.39, 0.29) is 0 Å². The zero-order chi connectivity index (χ0) is 11.6. The summed E-state index contributed by atoms with van der Waals surface area (Å²) in [6.45, 7) is 12.2. The zero-order valence-electron chi connectivity index (χ0n) is 11.3. The van der Waals surface area contributed by atoms with Gasteiger partial charge in [-0.25, -0.2) is 0 Å². The molecule has 2 heteroatoms. The molecule has 0 amide bonds. The molecule has 2 rings (SSSR count). The molecule has 1 aliphatic heterocycles. The highest BCUT2D eigenvalue weighted by Gasteiger charge is 2.32. The first-order valence-electron chi connectivity index (χ1n) is 7.02. The summed E-state index contributed by atoms with van der Waals surface area (Å²) in [6, 6.07) is 0.853. The Balaban J connectivity index is 1.94. The molecule has 0 bridgehead atoms. The van der Waals surface area contributed by atoms with Crippen LogP contribution in [0.5, 0.6) is 0 Å². The standard InChI is InChI=1S/C14H28N2/c1-12-10-15-7-8-16(11-12)13-5-4-6-14(2,3)9-13/h12-13,15H,4-11H2,1-3H3. The molecule has 0 radical (unpaired) electrons. The van der Waals surface area contributed by atoms with Gasteiger partial charge in [0, 0.05) is 25.7 Å². The predicted octanol–water partition coefficient (Wildman–Crippen LogP) is 2.50. The van der Waals surface area contributed by atoms with Crippen molar-refractivity contribution in [1.82, 2.24) is 10.2 Å². The molecule has 2 atom stereocenters. The topological polar surface area (TPSA) is 15.3 Å². The summed E-state index contributed by atoms with van der Waals surface area (Å²) >= 11 is 0. The van der Waals surface area contributed by atoms with Crippen molar-refractivity contribution in [3.63, 3.8) is 0 Å². The average Bonchev–Trinajstić information content (AvgIpc) is 2.41. The molecule has 94 valence electrons. The predicted molar refractivity (Wildman–Crippen MR) is 69.6 cm³/mol. The van der Waals surface area contributed by atoms with E-state index in [0.29, 0.717) is 5.41 Å². The van der Waals surface area contributed by atoms with Gasteiger partial charge in [0.1, 0.15) is 0 Å². The summed E-state index contributed by atoms with van der Waals surface area (Å²) in [5, 5.41) is 3.55. The van der Waals surface area contributed by atoms with Crippen molar-refractivity contribution in [2.24, 2.45) is 11.3 Å². The van der Waals surface area contributed by atoms with Crippen LogP contribution < -0.4 is 5.32 Å². The second-order valence-corrected chi connectivity index (χ2v) is 6.72. The first-order chi connectivity index (χ1) is 7.57. The van der Waals surface area contributed by atoms with E-state index < -0.39 is 0 Å². The Morgan fingerprint density at radius 2 is 2.12 bits per heavy atom. The lowest BCUT2D eigenvalue weighted by molar-refractivity contribution is 0.0918. The molecule has 1 saturated carbocycles. The van der Waals surface area contributed by atoms with E-state index in [9.17, 15) is 0 Å². The molecule has 0 spiro atoms. The van der Waals surface area contributed by atoms with Crippen LogP contribution in [-0.4, -0.2) is 37.1 Å². The van der Waals surface area contributed by atoms with E-state index in [4.69, 9.17) is 0 Å². The third-order valence-corrected chi connectivity index (χ3v) is 4.31. The quantitative estimate of drug-likeness (QED) is 0.736. The van der Waals surface area contributed by atoms with E-state index in [2.05, 4.69) is 31.0 Å². The van der Waals surface area contributed by atoms with E-state index in [1.165, 1.54) is 51.9 Å². The lowest BCUT2D eigenvalue weighted by atomic mass is 9.74. The normalized spacial score (nSPS) is 36.9. The van der Waals surface area contributed by atoms with E-state index in [1.807, 2.05) is 0 Å². The first-order valence-corrected chi connectivity index (χ1v) is 7.02. The minimum Gasteiger partial charge on any atom is -0.315 e. The van der Waals surface area contributed by atoms with E-state index in [0.717, 1.165) is 12.0 Å². The molecule has 1 aliphatic carbocycles. The first kappa shape index (κ1) is 12.4. The highest BCUT2D eigenvalue weighted by atomic mass is 15.2. The number of nitrogens with one attached hydrogen (secondary N) is 1. The van der Waals surface area contributed by atoms with Gasteiger partial charge in [0.15, 0.2) is 0 Å². The summed E-state index contributed by atoms with van der Waals surface area (Å²) in [5.74, 6) is 0.813. The fourth-order valence-corrected chi connectivity index (χ4v) is 3.43. The van der Waals surface area contributed by atoms with Crippen molar-refractivity contribution < 1.29 is 0 Å². The molecular formula is C14H28N2. The van der Waals surface area contributed by atoms with Gasteiger partial charge >= 0.3 is 0 Å².